The van der Waals surface area contributed by atoms with E-state index >= 15 is 0 Å². The SMILES string of the molecule is Cc1cc(-c2cc(N)ncn2)ccc1CN1C(=O)c2cc3c(n2CC1CO[Si](C)(C)C(C)(C)C)CC(C)(C)C3. The molecule has 2 N–H and O–H groups in total. The number of amides is 1. The number of fused-ring (bicyclic) bond motifs is 3. The maximum Gasteiger partial charge on any atom is 0.271 e. The monoisotopic (exact) mass is 545 g/mol. The second-order valence-corrected chi connectivity index (χ2v) is 18.6. The predicted molar refractivity (Wildman–Crippen MR) is 159 cm³/mol. The van der Waals surface area contributed by atoms with Gasteiger partial charge in [-0.3, -0.25) is 4.79 Å². The molecule has 0 fully saturated rings. The van der Waals surface area contributed by atoms with E-state index in [0.717, 1.165) is 47.5 Å². The molecule has 1 unspecified atom stereocenters. The number of anilines is 1. The molecule has 3 aromatic rings. The van der Waals surface area contributed by atoms with Gasteiger partial charge in [-0.2, -0.15) is 0 Å². The topological polar surface area (TPSA) is 86.3 Å². The summed E-state index contributed by atoms with van der Waals surface area (Å²) in [5, 5.41) is 0.108. The Labute approximate surface area is 233 Å². The predicted octanol–water partition coefficient (Wildman–Crippen LogP) is 6.01. The molecule has 1 atom stereocenters. The molecule has 3 heterocycles. The Hall–Kier alpha value is -2.97. The zero-order chi connectivity index (χ0) is 28.3. The summed E-state index contributed by atoms with van der Waals surface area (Å²) in [6.07, 6.45) is 3.52. The quantitative estimate of drug-likeness (QED) is 0.384. The molecule has 208 valence electrons. The molecule has 0 saturated carbocycles. The van der Waals surface area contributed by atoms with Crippen LogP contribution in [0.25, 0.3) is 11.3 Å². The van der Waals surface area contributed by atoms with Gasteiger partial charge in [-0.1, -0.05) is 46.8 Å². The van der Waals surface area contributed by atoms with E-state index in [2.05, 4.69) is 93.4 Å². The highest BCUT2D eigenvalue weighted by Gasteiger charge is 2.42. The number of aromatic nitrogens is 3. The van der Waals surface area contributed by atoms with Crippen LogP contribution in [-0.2, 0) is 30.4 Å². The van der Waals surface area contributed by atoms with E-state index in [-0.39, 0.29) is 22.4 Å². The second-order valence-electron chi connectivity index (χ2n) is 13.8. The van der Waals surface area contributed by atoms with Crippen LogP contribution in [0.2, 0.25) is 18.1 Å². The number of hydrogen-bond acceptors (Lipinski definition) is 5. The number of nitrogen functional groups attached to an aromatic ring is 1. The van der Waals surface area contributed by atoms with Crippen molar-refractivity contribution in [1.29, 1.82) is 0 Å². The molecule has 1 aliphatic carbocycles. The Bertz CT molecular complexity index is 1420. The third-order valence-electron chi connectivity index (χ3n) is 9.04. The van der Waals surface area contributed by atoms with Crippen LogP contribution in [0.1, 0.15) is 67.5 Å². The van der Waals surface area contributed by atoms with E-state index in [1.54, 1.807) is 6.07 Å². The first-order valence-electron chi connectivity index (χ1n) is 14.0. The van der Waals surface area contributed by atoms with Crippen LogP contribution < -0.4 is 5.73 Å². The Kier molecular flexibility index (Phi) is 6.78. The summed E-state index contributed by atoms with van der Waals surface area (Å²) in [5.41, 5.74) is 13.6. The summed E-state index contributed by atoms with van der Waals surface area (Å²) in [6, 6.07) is 10.2. The van der Waals surface area contributed by atoms with Gasteiger partial charge in [0.25, 0.3) is 5.91 Å². The van der Waals surface area contributed by atoms with Crippen molar-refractivity contribution in [2.24, 2.45) is 5.41 Å². The molecule has 1 aliphatic heterocycles. The van der Waals surface area contributed by atoms with Gasteiger partial charge in [-0.25, -0.2) is 9.97 Å². The zero-order valence-electron chi connectivity index (χ0n) is 24.8. The molecule has 0 radical (unpaired) electrons. The van der Waals surface area contributed by atoms with Gasteiger partial charge in [0, 0.05) is 30.4 Å². The highest BCUT2D eigenvalue weighted by Crippen LogP contribution is 2.41. The minimum atomic E-state index is -1.98. The fourth-order valence-electron chi connectivity index (χ4n) is 5.66. The van der Waals surface area contributed by atoms with Crippen LogP contribution in [0.3, 0.4) is 0 Å². The molecule has 2 aliphatic rings. The first-order valence-corrected chi connectivity index (χ1v) is 16.9. The molecule has 5 rings (SSSR count). The molecule has 2 aromatic heterocycles. The highest BCUT2D eigenvalue weighted by molar-refractivity contribution is 6.74. The van der Waals surface area contributed by atoms with Crippen LogP contribution >= 0.6 is 0 Å². The van der Waals surface area contributed by atoms with Gasteiger partial charge in [-0.15, -0.1) is 0 Å². The summed E-state index contributed by atoms with van der Waals surface area (Å²) >= 11 is 0. The van der Waals surface area contributed by atoms with Crippen molar-refractivity contribution < 1.29 is 9.22 Å². The first-order chi connectivity index (χ1) is 18.1. The van der Waals surface area contributed by atoms with Crippen molar-refractivity contribution in [2.75, 3.05) is 12.3 Å². The van der Waals surface area contributed by atoms with E-state index < -0.39 is 8.32 Å². The number of rotatable bonds is 6. The Morgan fingerprint density at radius 1 is 1.13 bits per heavy atom. The van der Waals surface area contributed by atoms with Gasteiger partial charge in [0.1, 0.15) is 17.8 Å². The Morgan fingerprint density at radius 2 is 1.87 bits per heavy atom. The molecule has 1 amide bonds. The summed E-state index contributed by atoms with van der Waals surface area (Å²) in [7, 11) is -1.98. The minimum Gasteiger partial charge on any atom is -0.415 e. The van der Waals surface area contributed by atoms with E-state index in [4.69, 9.17) is 10.2 Å². The van der Waals surface area contributed by atoms with Crippen molar-refractivity contribution in [1.82, 2.24) is 19.4 Å². The largest absolute Gasteiger partial charge is 0.415 e. The smallest absolute Gasteiger partial charge is 0.271 e. The second kappa shape index (κ2) is 9.59. The summed E-state index contributed by atoms with van der Waals surface area (Å²) in [6.45, 7) is 20.0. The van der Waals surface area contributed by atoms with Crippen LogP contribution in [-0.4, -0.2) is 46.3 Å². The van der Waals surface area contributed by atoms with Crippen LogP contribution in [0.15, 0.2) is 36.7 Å². The van der Waals surface area contributed by atoms with E-state index in [9.17, 15) is 4.79 Å². The molecular formula is C31H43N5O2Si. The lowest BCUT2D eigenvalue weighted by Gasteiger charge is -2.42. The van der Waals surface area contributed by atoms with Crippen LogP contribution in [0.4, 0.5) is 5.82 Å². The number of nitrogens with zero attached hydrogens (tertiary/aromatic N) is 4. The molecule has 0 bridgehead atoms. The maximum absolute atomic E-state index is 14.1. The third kappa shape index (κ3) is 5.28. The highest BCUT2D eigenvalue weighted by atomic mass is 28.4. The van der Waals surface area contributed by atoms with Crippen LogP contribution in [0, 0.1) is 12.3 Å². The van der Waals surface area contributed by atoms with Gasteiger partial charge in [0.05, 0.1) is 18.3 Å². The molecule has 1 aromatic carbocycles. The molecular weight excluding hydrogens is 502 g/mol. The van der Waals surface area contributed by atoms with Crippen molar-refractivity contribution in [3.63, 3.8) is 0 Å². The zero-order valence-corrected chi connectivity index (χ0v) is 25.8. The lowest BCUT2D eigenvalue weighted by molar-refractivity contribution is 0.0468. The van der Waals surface area contributed by atoms with Gasteiger partial charge >= 0.3 is 0 Å². The average Bonchev–Trinajstić information content (AvgIpc) is 3.32. The Morgan fingerprint density at radius 3 is 2.54 bits per heavy atom. The standard InChI is InChI=1S/C31H43N5O2Si/c1-20-11-21(25-13-28(32)34-19-33-25)9-10-22(20)16-35-24(18-38-39(7,8)30(2,3)4)17-36-26(29(35)37)12-23-14-31(5,6)15-27(23)36/h9-13,19,24H,14-18H2,1-8H3,(H2,32,33,34). The van der Waals surface area contributed by atoms with Gasteiger partial charge in [0.15, 0.2) is 8.32 Å². The molecule has 8 heteroatoms. The fraction of sp³-hybridized carbons (Fsp3) is 0.516. The minimum absolute atomic E-state index is 0.0277. The normalized spacial score (nSPS) is 18.8. The van der Waals surface area contributed by atoms with Crippen LogP contribution in [0.5, 0.6) is 0 Å². The van der Waals surface area contributed by atoms with Gasteiger partial charge in [-0.05, 0) is 72.1 Å². The van der Waals surface area contributed by atoms with E-state index in [1.165, 1.54) is 17.6 Å². The Balaban J connectivity index is 1.46. The number of carbonyl (C=O) groups is 1. The van der Waals surface area contributed by atoms with E-state index in [1.807, 2.05) is 4.90 Å². The summed E-state index contributed by atoms with van der Waals surface area (Å²) in [5.74, 6) is 0.549. The van der Waals surface area contributed by atoms with Crippen molar-refractivity contribution in [2.45, 2.75) is 91.6 Å². The van der Waals surface area contributed by atoms with Gasteiger partial charge in [0.2, 0.25) is 0 Å². The fourth-order valence-corrected chi connectivity index (χ4v) is 6.70. The first kappa shape index (κ1) is 27.6. The number of benzene rings is 1. The maximum atomic E-state index is 14.1. The summed E-state index contributed by atoms with van der Waals surface area (Å²) < 4.78 is 9.03. The van der Waals surface area contributed by atoms with Crippen molar-refractivity contribution >= 4 is 20.0 Å². The molecule has 7 nitrogen and oxygen atoms in total. The third-order valence-corrected chi connectivity index (χ3v) is 13.5. The average molecular weight is 546 g/mol. The number of aryl methyl sites for hydroxylation is 1. The summed E-state index contributed by atoms with van der Waals surface area (Å²) in [4.78, 5) is 24.5. The van der Waals surface area contributed by atoms with Gasteiger partial charge < -0.3 is 19.6 Å². The molecule has 0 saturated heterocycles. The van der Waals surface area contributed by atoms with E-state index in [0.29, 0.717) is 19.0 Å². The lowest BCUT2D eigenvalue weighted by atomic mass is 9.90. The number of nitrogens with two attached hydrogens (primary N) is 1. The van der Waals surface area contributed by atoms with Crippen molar-refractivity contribution in [3.05, 3.63) is 64.7 Å². The van der Waals surface area contributed by atoms with Crippen molar-refractivity contribution in [3.8, 4) is 11.3 Å². The number of hydrogen-bond donors (Lipinski definition) is 1. The molecule has 39 heavy (non-hydrogen) atoms. The lowest BCUT2D eigenvalue weighted by Crippen LogP contribution is -2.52. The molecule has 0 spiro atoms. The number of carbonyl (C=O) groups excluding carboxylic acids is 1.